The van der Waals surface area contributed by atoms with Crippen LogP contribution < -0.4 is 11.5 Å². The lowest BCUT2D eigenvalue weighted by molar-refractivity contribution is -0.137. The van der Waals surface area contributed by atoms with Gasteiger partial charge >= 0.3 is 11.9 Å². The monoisotopic (exact) mass is 202 g/mol. The van der Waals surface area contributed by atoms with E-state index >= 15 is 0 Å². The van der Waals surface area contributed by atoms with Crippen molar-refractivity contribution in [2.24, 2.45) is 11.5 Å². The lowest BCUT2D eigenvalue weighted by Gasteiger charge is -1.90. The van der Waals surface area contributed by atoms with Crippen molar-refractivity contribution >= 4 is 11.9 Å². The highest BCUT2D eigenvalue weighted by atomic mass is 16.5. The fourth-order valence-corrected chi connectivity index (χ4v) is 0.228. The topological polar surface area (TPSA) is 116 Å². The number of carbonyl (C=O) groups excluding carboxylic acids is 1. The highest BCUT2D eigenvalue weighted by Gasteiger charge is 1.96. The lowest BCUT2D eigenvalue weighted by Crippen LogP contribution is -2.10. The van der Waals surface area contributed by atoms with Crippen molar-refractivity contribution in [1.29, 1.82) is 0 Å². The highest BCUT2D eigenvalue weighted by Crippen LogP contribution is 1.81. The zero-order chi connectivity index (χ0) is 11.6. The number of hydrogen-bond acceptors (Lipinski definition) is 5. The van der Waals surface area contributed by atoms with Crippen LogP contribution in [-0.4, -0.2) is 30.3 Å². The van der Waals surface area contributed by atoms with Gasteiger partial charge in [-0.25, -0.2) is 9.59 Å². The number of carboxylic acid groups (broad SMARTS) is 1. The van der Waals surface area contributed by atoms with Crippen LogP contribution >= 0.6 is 0 Å². The van der Waals surface area contributed by atoms with E-state index in [0.29, 0.717) is 0 Å². The summed E-state index contributed by atoms with van der Waals surface area (Å²) in [6.45, 7) is 6.24. The first kappa shape index (κ1) is 14.8. The largest absolute Gasteiger partial charge is 0.478 e. The molecule has 0 fully saturated rings. The van der Waals surface area contributed by atoms with Gasteiger partial charge in [0.2, 0.25) is 0 Å². The quantitative estimate of drug-likeness (QED) is 0.313. The Morgan fingerprint density at radius 2 is 1.93 bits per heavy atom. The maximum absolute atomic E-state index is 9.99. The summed E-state index contributed by atoms with van der Waals surface area (Å²) in [6.07, 6.45) is 1.06. The van der Waals surface area contributed by atoms with E-state index in [1.807, 2.05) is 0 Å². The summed E-state index contributed by atoms with van der Waals surface area (Å²) in [5.74, 6) is -1.51. The van der Waals surface area contributed by atoms with E-state index in [2.05, 4.69) is 17.9 Å². The van der Waals surface area contributed by atoms with Crippen LogP contribution in [0.25, 0.3) is 0 Å². The Labute approximate surface area is 81.8 Å². The third-order valence-electron chi connectivity index (χ3n) is 0.941. The maximum atomic E-state index is 9.99. The number of ether oxygens (including phenoxy) is 1. The molecule has 0 aliphatic carbocycles. The minimum absolute atomic E-state index is 0.0231. The Bertz CT molecular complexity index is 223. The Morgan fingerprint density at radius 3 is 2.00 bits per heavy atom. The van der Waals surface area contributed by atoms with Crippen molar-refractivity contribution in [3.05, 3.63) is 24.8 Å². The minimum atomic E-state index is -1.03. The molecule has 0 saturated carbocycles. The summed E-state index contributed by atoms with van der Waals surface area (Å²) in [5, 5.41) is 8.00. The van der Waals surface area contributed by atoms with Gasteiger partial charge in [0.25, 0.3) is 0 Å². The molecule has 0 amide bonds. The molecular formula is C8H14N2O4. The van der Waals surface area contributed by atoms with Crippen LogP contribution in [0, 0.1) is 0 Å². The molecular weight excluding hydrogens is 188 g/mol. The van der Waals surface area contributed by atoms with Gasteiger partial charge in [0, 0.05) is 18.2 Å². The first-order valence-corrected chi connectivity index (χ1v) is 3.60. The van der Waals surface area contributed by atoms with Crippen molar-refractivity contribution < 1.29 is 19.4 Å². The SMILES string of the molecule is C=C(CN)C(=O)O.C=CC(=O)OCN. The van der Waals surface area contributed by atoms with Crippen molar-refractivity contribution in [3.63, 3.8) is 0 Å². The van der Waals surface area contributed by atoms with Crippen molar-refractivity contribution in [1.82, 2.24) is 0 Å². The predicted octanol–water partition coefficient (Wildman–Crippen LogP) is -0.782. The van der Waals surface area contributed by atoms with Crippen LogP contribution in [0.15, 0.2) is 24.8 Å². The van der Waals surface area contributed by atoms with Crippen LogP contribution in [0.2, 0.25) is 0 Å². The molecule has 0 unspecified atom stereocenters. The minimum Gasteiger partial charge on any atom is -0.478 e. The summed E-state index contributed by atoms with van der Waals surface area (Å²) < 4.78 is 4.21. The van der Waals surface area contributed by atoms with Gasteiger partial charge in [0.1, 0.15) is 6.73 Å². The molecule has 0 aromatic heterocycles. The van der Waals surface area contributed by atoms with Gasteiger partial charge in [0.15, 0.2) is 0 Å². The van der Waals surface area contributed by atoms with Gasteiger partial charge < -0.3 is 15.6 Å². The third kappa shape index (κ3) is 10.3. The number of carboxylic acids is 1. The molecule has 6 heteroatoms. The first-order chi connectivity index (χ1) is 6.49. The predicted molar refractivity (Wildman–Crippen MR) is 51.2 cm³/mol. The van der Waals surface area contributed by atoms with Gasteiger partial charge in [-0.05, 0) is 0 Å². The van der Waals surface area contributed by atoms with Crippen LogP contribution in [-0.2, 0) is 14.3 Å². The van der Waals surface area contributed by atoms with E-state index in [4.69, 9.17) is 16.6 Å². The molecule has 0 spiro atoms. The third-order valence-corrected chi connectivity index (χ3v) is 0.941. The number of carbonyl (C=O) groups is 2. The molecule has 0 aromatic carbocycles. The number of esters is 1. The molecule has 0 aromatic rings. The fraction of sp³-hybridized carbons (Fsp3) is 0.250. The molecule has 0 heterocycles. The van der Waals surface area contributed by atoms with Gasteiger partial charge in [-0.3, -0.25) is 5.73 Å². The van der Waals surface area contributed by atoms with E-state index in [9.17, 15) is 9.59 Å². The average Bonchev–Trinajstić information content (AvgIpc) is 2.17. The van der Waals surface area contributed by atoms with E-state index in [1.165, 1.54) is 0 Å². The number of nitrogens with two attached hydrogens (primary N) is 2. The zero-order valence-electron chi connectivity index (χ0n) is 7.73. The Balaban J connectivity index is 0. The smallest absolute Gasteiger partial charge is 0.332 e. The molecule has 0 radical (unpaired) electrons. The van der Waals surface area contributed by atoms with Crippen LogP contribution in [0.5, 0.6) is 0 Å². The molecule has 0 saturated heterocycles. The second kappa shape index (κ2) is 9.43. The highest BCUT2D eigenvalue weighted by molar-refractivity contribution is 5.86. The summed E-state index contributed by atoms with van der Waals surface area (Å²) in [7, 11) is 0. The average molecular weight is 202 g/mol. The molecule has 0 atom stereocenters. The second-order valence-electron chi connectivity index (χ2n) is 1.95. The van der Waals surface area contributed by atoms with Crippen LogP contribution in [0.3, 0.4) is 0 Å². The standard InChI is InChI=1S/2C4H7NO2/c1-3(2-5)4(6)7;1-2-4(6)7-3-5/h1-2,5H2,(H,6,7);2H,1,3,5H2. The van der Waals surface area contributed by atoms with Crippen molar-refractivity contribution in [3.8, 4) is 0 Å². The maximum Gasteiger partial charge on any atom is 0.332 e. The van der Waals surface area contributed by atoms with Gasteiger partial charge in [-0.15, -0.1) is 0 Å². The van der Waals surface area contributed by atoms with Gasteiger partial charge in [0.05, 0.1) is 0 Å². The Kier molecular flexibility index (Phi) is 10.00. The molecule has 6 nitrogen and oxygen atoms in total. The van der Waals surface area contributed by atoms with Gasteiger partial charge in [-0.1, -0.05) is 13.2 Å². The van der Waals surface area contributed by atoms with E-state index < -0.39 is 11.9 Å². The number of hydrogen-bond donors (Lipinski definition) is 3. The molecule has 5 N–H and O–H groups in total. The normalized spacial score (nSPS) is 7.86. The molecule has 0 aliphatic rings. The van der Waals surface area contributed by atoms with Crippen LogP contribution in [0.4, 0.5) is 0 Å². The Morgan fingerprint density at radius 1 is 1.43 bits per heavy atom. The van der Waals surface area contributed by atoms with Crippen LogP contribution in [0.1, 0.15) is 0 Å². The molecule has 0 bridgehead atoms. The first-order valence-electron chi connectivity index (χ1n) is 3.60. The summed E-state index contributed by atoms with van der Waals surface area (Å²) in [6, 6.07) is 0. The fourth-order valence-electron chi connectivity index (χ4n) is 0.228. The molecule has 0 aliphatic heterocycles. The number of rotatable bonds is 4. The molecule has 80 valence electrons. The summed E-state index contributed by atoms with van der Waals surface area (Å²) >= 11 is 0. The summed E-state index contributed by atoms with van der Waals surface area (Å²) in [5.41, 5.74) is 9.75. The number of aliphatic carboxylic acids is 1. The van der Waals surface area contributed by atoms with E-state index in [-0.39, 0.29) is 18.8 Å². The van der Waals surface area contributed by atoms with Gasteiger partial charge in [-0.2, -0.15) is 0 Å². The second-order valence-corrected chi connectivity index (χ2v) is 1.95. The zero-order valence-corrected chi connectivity index (χ0v) is 7.73. The van der Waals surface area contributed by atoms with E-state index in [1.54, 1.807) is 0 Å². The lowest BCUT2D eigenvalue weighted by atomic mass is 10.3. The Hall–Kier alpha value is -1.66. The van der Waals surface area contributed by atoms with Crippen molar-refractivity contribution in [2.45, 2.75) is 0 Å². The molecule has 14 heavy (non-hydrogen) atoms. The van der Waals surface area contributed by atoms with E-state index in [0.717, 1.165) is 6.08 Å². The van der Waals surface area contributed by atoms with Crippen molar-refractivity contribution in [2.75, 3.05) is 13.3 Å². The summed E-state index contributed by atoms with van der Waals surface area (Å²) in [4.78, 5) is 19.7. The molecule has 0 rings (SSSR count).